The third-order valence-electron chi connectivity index (χ3n) is 6.19. The first-order chi connectivity index (χ1) is 15.2. The number of amides is 3. The number of rotatable bonds is 4. The lowest BCUT2D eigenvalue weighted by atomic mass is 9.78. The van der Waals surface area contributed by atoms with Crippen LogP contribution in [0.25, 0.3) is 0 Å². The van der Waals surface area contributed by atoms with Crippen LogP contribution in [-0.4, -0.2) is 25.3 Å². The fourth-order valence-corrected chi connectivity index (χ4v) is 4.93. The van der Waals surface area contributed by atoms with E-state index < -0.39 is 16.1 Å². The molecule has 2 aromatic carbocycles. The van der Waals surface area contributed by atoms with Gasteiger partial charge in [0.2, 0.25) is 5.91 Å². The molecule has 1 saturated carbocycles. The standard InChI is InChI=1S/C22H25FN4O4S/c23-20-3-1-2-17-12-27(13-19(17)20)22(29)25-18-10-8-15(9-11-18)14-4-6-16(7-5-14)21(28)26-32(24,30)31/h1-3,8-11,14,16H,4-7,12-13H2,(H,25,29)(H,26,28)(H2,24,30,31). The molecule has 32 heavy (non-hydrogen) atoms. The molecule has 3 amide bonds. The van der Waals surface area contributed by atoms with Crippen LogP contribution in [-0.2, 0) is 28.1 Å². The third kappa shape index (κ3) is 5.08. The largest absolute Gasteiger partial charge is 0.322 e. The number of hydrogen-bond donors (Lipinski definition) is 3. The van der Waals surface area contributed by atoms with Gasteiger partial charge in [0.15, 0.2) is 0 Å². The Kier molecular flexibility index (Phi) is 6.16. The van der Waals surface area contributed by atoms with Crippen molar-refractivity contribution in [2.45, 2.75) is 44.7 Å². The van der Waals surface area contributed by atoms with Crippen LogP contribution < -0.4 is 15.2 Å². The Morgan fingerprint density at radius 3 is 2.31 bits per heavy atom. The van der Waals surface area contributed by atoms with Gasteiger partial charge < -0.3 is 10.2 Å². The number of halogens is 1. The number of nitrogens with zero attached hydrogens (tertiary/aromatic N) is 1. The first-order valence-corrected chi connectivity index (χ1v) is 12.0. The number of nitrogens with one attached hydrogen (secondary N) is 2. The predicted molar refractivity (Wildman–Crippen MR) is 117 cm³/mol. The van der Waals surface area contributed by atoms with E-state index in [0.29, 0.717) is 30.6 Å². The number of carbonyl (C=O) groups excluding carboxylic acids is 2. The van der Waals surface area contributed by atoms with E-state index >= 15 is 0 Å². The molecule has 1 fully saturated rings. The van der Waals surface area contributed by atoms with Gasteiger partial charge >= 0.3 is 6.03 Å². The number of nitrogens with two attached hydrogens (primary N) is 1. The molecule has 0 bridgehead atoms. The molecule has 170 valence electrons. The Bertz CT molecular complexity index is 1130. The van der Waals surface area contributed by atoms with Gasteiger partial charge in [-0.3, -0.25) is 4.79 Å². The van der Waals surface area contributed by atoms with E-state index in [4.69, 9.17) is 5.14 Å². The predicted octanol–water partition coefficient (Wildman–Crippen LogP) is 2.97. The van der Waals surface area contributed by atoms with E-state index in [2.05, 4.69) is 5.32 Å². The van der Waals surface area contributed by atoms with Crippen LogP contribution in [0.3, 0.4) is 0 Å². The van der Waals surface area contributed by atoms with Crippen molar-refractivity contribution in [2.75, 3.05) is 5.32 Å². The van der Waals surface area contributed by atoms with E-state index in [0.717, 1.165) is 24.0 Å². The maximum Gasteiger partial charge on any atom is 0.322 e. The van der Waals surface area contributed by atoms with Crippen molar-refractivity contribution in [2.24, 2.45) is 11.1 Å². The molecule has 0 aromatic heterocycles. The lowest BCUT2D eigenvalue weighted by Crippen LogP contribution is -2.40. The van der Waals surface area contributed by atoms with Crippen molar-refractivity contribution in [1.82, 2.24) is 9.62 Å². The topological polar surface area (TPSA) is 122 Å². The fraction of sp³-hybridized carbons (Fsp3) is 0.364. The zero-order valence-electron chi connectivity index (χ0n) is 17.4. The molecule has 1 aliphatic heterocycles. The van der Waals surface area contributed by atoms with Gasteiger partial charge in [0.05, 0.1) is 6.54 Å². The van der Waals surface area contributed by atoms with Crippen molar-refractivity contribution < 1.29 is 22.4 Å². The summed E-state index contributed by atoms with van der Waals surface area (Å²) >= 11 is 0. The Balaban J connectivity index is 1.30. The van der Waals surface area contributed by atoms with E-state index in [1.165, 1.54) is 6.07 Å². The number of hydrogen-bond acceptors (Lipinski definition) is 4. The molecule has 0 unspecified atom stereocenters. The van der Waals surface area contributed by atoms with Gasteiger partial charge in [0.1, 0.15) is 5.82 Å². The van der Waals surface area contributed by atoms with Crippen molar-refractivity contribution in [3.8, 4) is 0 Å². The molecular weight excluding hydrogens is 435 g/mol. The number of benzene rings is 2. The van der Waals surface area contributed by atoms with Crippen LogP contribution in [0.2, 0.25) is 0 Å². The van der Waals surface area contributed by atoms with Crippen LogP contribution in [0, 0.1) is 11.7 Å². The Hall–Kier alpha value is -2.98. The first kappa shape index (κ1) is 22.2. The van der Waals surface area contributed by atoms with E-state index in [9.17, 15) is 22.4 Å². The van der Waals surface area contributed by atoms with E-state index in [1.807, 2.05) is 35.1 Å². The summed E-state index contributed by atoms with van der Waals surface area (Å²) in [6, 6.07) is 12.1. The first-order valence-electron chi connectivity index (χ1n) is 10.5. The second kappa shape index (κ2) is 8.87. The maximum atomic E-state index is 13.9. The van der Waals surface area contributed by atoms with Crippen LogP contribution in [0.1, 0.15) is 48.3 Å². The average molecular weight is 461 g/mol. The van der Waals surface area contributed by atoms with Crippen LogP contribution in [0.5, 0.6) is 0 Å². The number of anilines is 1. The van der Waals surface area contributed by atoms with E-state index in [1.54, 1.807) is 11.0 Å². The van der Waals surface area contributed by atoms with Crippen LogP contribution in [0.15, 0.2) is 42.5 Å². The number of urea groups is 1. The van der Waals surface area contributed by atoms with Crippen LogP contribution in [0.4, 0.5) is 14.9 Å². The summed E-state index contributed by atoms with van der Waals surface area (Å²) in [5, 5.41) is 7.72. The van der Waals surface area contributed by atoms with Crippen molar-refractivity contribution in [3.63, 3.8) is 0 Å². The zero-order chi connectivity index (χ0) is 22.9. The van der Waals surface area contributed by atoms with Gasteiger partial charge in [-0.15, -0.1) is 0 Å². The van der Waals surface area contributed by atoms with Gasteiger partial charge in [-0.05, 0) is 60.9 Å². The minimum absolute atomic E-state index is 0.244. The van der Waals surface area contributed by atoms with Gasteiger partial charge in [0, 0.05) is 23.7 Å². The average Bonchev–Trinajstić information content (AvgIpc) is 3.19. The van der Waals surface area contributed by atoms with Gasteiger partial charge in [-0.1, -0.05) is 24.3 Å². The smallest absolute Gasteiger partial charge is 0.316 e. The highest BCUT2D eigenvalue weighted by Crippen LogP contribution is 2.36. The summed E-state index contributed by atoms with van der Waals surface area (Å²) in [6.07, 6.45) is 2.67. The molecule has 10 heteroatoms. The summed E-state index contributed by atoms with van der Waals surface area (Å²) in [5.41, 5.74) is 3.13. The summed E-state index contributed by atoms with van der Waals surface area (Å²) in [6.45, 7) is 0.619. The van der Waals surface area contributed by atoms with Gasteiger partial charge in [-0.25, -0.2) is 19.0 Å². The quantitative estimate of drug-likeness (QED) is 0.649. The van der Waals surface area contributed by atoms with Crippen LogP contribution >= 0.6 is 0 Å². The Morgan fingerprint density at radius 1 is 1.00 bits per heavy atom. The minimum Gasteiger partial charge on any atom is -0.316 e. The van der Waals surface area contributed by atoms with E-state index in [-0.39, 0.29) is 30.2 Å². The molecule has 0 atom stereocenters. The molecule has 0 spiro atoms. The summed E-state index contributed by atoms with van der Waals surface area (Å²) in [5.74, 6) is -0.945. The Morgan fingerprint density at radius 2 is 1.69 bits per heavy atom. The summed E-state index contributed by atoms with van der Waals surface area (Å²) in [4.78, 5) is 26.1. The molecular formula is C22H25FN4O4S. The lowest BCUT2D eigenvalue weighted by Gasteiger charge is -2.28. The second-order valence-electron chi connectivity index (χ2n) is 8.35. The summed E-state index contributed by atoms with van der Waals surface area (Å²) in [7, 11) is -4.03. The SMILES string of the molecule is NS(=O)(=O)NC(=O)C1CCC(c2ccc(NC(=O)N3Cc4cccc(F)c4C3)cc2)CC1. The lowest BCUT2D eigenvalue weighted by molar-refractivity contribution is -0.124. The molecule has 4 N–H and O–H groups in total. The summed E-state index contributed by atoms with van der Waals surface area (Å²) < 4.78 is 37.8. The second-order valence-corrected chi connectivity index (χ2v) is 9.64. The fourth-order valence-electron chi connectivity index (χ4n) is 4.48. The minimum atomic E-state index is -4.03. The molecule has 8 nitrogen and oxygen atoms in total. The highest BCUT2D eigenvalue weighted by atomic mass is 32.2. The molecule has 4 rings (SSSR count). The molecule has 1 heterocycles. The molecule has 0 radical (unpaired) electrons. The van der Waals surface area contributed by atoms with Gasteiger partial charge in [0.25, 0.3) is 10.2 Å². The Labute approximate surface area is 186 Å². The highest BCUT2D eigenvalue weighted by molar-refractivity contribution is 7.87. The van der Waals surface area contributed by atoms with Crippen molar-refractivity contribution >= 4 is 27.8 Å². The van der Waals surface area contributed by atoms with Gasteiger partial charge in [-0.2, -0.15) is 8.42 Å². The maximum absolute atomic E-state index is 13.9. The number of fused-ring (bicyclic) bond motifs is 1. The molecule has 0 saturated heterocycles. The molecule has 2 aliphatic rings. The normalized spacial score (nSPS) is 20.5. The van der Waals surface area contributed by atoms with Crippen molar-refractivity contribution in [3.05, 3.63) is 65.0 Å². The third-order valence-corrected chi connectivity index (χ3v) is 6.67. The highest BCUT2D eigenvalue weighted by Gasteiger charge is 2.29. The zero-order valence-corrected chi connectivity index (χ0v) is 18.2. The van der Waals surface area contributed by atoms with Crippen molar-refractivity contribution in [1.29, 1.82) is 0 Å². The number of carbonyl (C=O) groups is 2. The molecule has 2 aromatic rings. The molecule has 1 aliphatic carbocycles. The monoisotopic (exact) mass is 460 g/mol.